The Morgan fingerprint density at radius 3 is 2.39 bits per heavy atom. The maximum atomic E-state index is 12.6. The Balaban J connectivity index is 2.18. The fourth-order valence-corrected chi connectivity index (χ4v) is 3.57. The van der Waals surface area contributed by atoms with Gasteiger partial charge in [0.1, 0.15) is 6.04 Å². The number of rotatable bonds is 7. The van der Waals surface area contributed by atoms with E-state index in [2.05, 4.69) is 0 Å². The summed E-state index contributed by atoms with van der Waals surface area (Å²) in [5.41, 5.74) is 0.684. The molecule has 0 radical (unpaired) electrons. The number of hydrogen-bond acceptors (Lipinski definition) is 8. The van der Waals surface area contributed by atoms with Crippen LogP contribution in [0.15, 0.2) is 24.3 Å². The Kier molecular flexibility index (Phi) is 7.03. The van der Waals surface area contributed by atoms with Crippen molar-refractivity contribution in [1.29, 1.82) is 0 Å². The van der Waals surface area contributed by atoms with Gasteiger partial charge in [0.25, 0.3) is 10.1 Å². The van der Waals surface area contributed by atoms with Crippen molar-refractivity contribution in [3.8, 4) is 11.5 Å². The number of esters is 1. The molecule has 2 atom stereocenters. The lowest BCUT2D eigenvalue weighted by atomic mass is 10.1. The molecule has 1 aliphatic heterocycles. The molecular formula is C18H23NO8S. The average molecular weight is 413 g/mol. The van der Waals surface area contributed by atoms with Gasteiger partial charge < -0.3 is 19.1 Å². The zero-order chi connectivity index (χ0) is 20.9. The van der Waals surface area contributed by atoms with Crippen molar-refractivity contribution < 1.29 is 36.4 Å². The number of carbonyl (C=O) groups excluding carboxylic acids is 2. The highest BCUT2D eigenvalue weighted by Crippen LogP contribution is 2.28. The summed E-state index contributed by atoms with van der Waals surface area (Å²) in [7, 11) is 0.511. The Morgan fingerprint density at radius 2 is 1.82 bits per heavy atom. The van der Waals surface area contributed by atoms with E-state index in [1.165, 1.54) is 32.3 Å². The first-order valence-corrected chi connectivity index (χ1v) is 10.2. The van der Waals surface area contributed by atoms with E-state index in [0.29, 0.717) is 17.1 Å². The highest BCUT2D eigenvalue weighted by molar-refractivity contribution is 7.86. The molecular weight excluding hydrogens is 390 g/mol. The summed E-state index contributed by atoms with van der Waals surface area (Å²) in [4.78, 5) is 25.8. The lowest BCUT2D eigenvalue weighted by Crippen LogP contribution is -2.40. The van der Waals surface area contributed by atoms with E-state index in [-0.39, 0.29) is 13.0 Å². The molecule has 1 aliphatic rings. The standard InChI is InChI=1S/C18H23NO8S/c1-24-15-7-5-12(9-16(15)25-2)6-8-17(20)19-11-13(27-28(4,22)23)10-14(19)18(21)26-3/h5-9,13-14H,10-11H2,1-4H3/b8-6+. The van der Waals surface area contributed by atoms with E-state index >= 15 is 0 Å². The minimum atomic E-state index is -3.72. The van der Waals surface area contributed by atoms with Crippen LogP contribution in [0.2, 0.25) is 0 Å². The molecule has 1 amide bonds. The van der Waals surface area contributed by atoms with Crippen molar-refractivity contribution in [2.24, 2.45) is 0 Å². The average Bonchev–Trinajstić information content (AvgIpc) is 3.07. The summed E-state index contributed by atoms with van der Waals surface area (Å²) in [6.07, 6.45) is 3.00. The number of carbonyl (C=O) groups is 2. The van der Waals surface area contributed by atoms with Crippen LogP contribution < -0.4 is 9.47 Å². The largest absolute Gasteiger partial charge is 0.493 e. The molecule has 0 aliphatic carbocycles. The lowest BCUT2D eigenvalue weighted by molar-refractivity contribution is -0.149. The summed E-state index contributed by atoms with van der Waals surface area (Å²) in [6.45, 7) is -0.0397. The summed E-state index contributed by atoms with van der Waals surface area (Å²) in [5.74, 6) is -0.0402. The maximum Gasteiger partial charge on any atom is 0.328 e. The first-order chi connectivity index (χ1) is 13.2. The Hall–Kier alpha value is -2.59. The van der Waals surface area contributed by atoms with Gasteiger partial charge in [0.2, 0.25) is 5.91 Å². The smallest absolute Gasteiger partial charge is 0.328 e. The molecule has 1 heterocycles. The molecule has 0 saturated carbocycles. The van der Waals surface area contributed by atoms with Gasteiger partial charge in [-0.15, -0.1) is 0 Å². The number of benzene rings is 1. The highest BCUT2D eigenvalue weighted by Gasteiger charge is 2.41. The van der Waals surface area contributed by atoms with Crippen molar-refractivity contribution in [2.75, 3.05) is 34.1 Å². The molecule has 9 nitrogen and oxygen atoms in total. The summed E-state index contributed by atoms with van der Waals surface area (Å²) < 4.78 is 42.8. The summed E-state index contributed by atoms with van der Waals surface area (Å²) in [6, 6.07) is 4.22. The first kappa shape index (κ1) is 21.7. The van der Waals surface area contributed by atoms with Crippen LogP contribution in [0.4, 0.5) is 0 Å². The second-order valence-electron chi connectivity index (χ2n) is 6.14. The molecule has 1 fully saturated rings. The number of methoxy groups -OCH3 is 3. The van der Waals surface area contributed by atoms with Crippen LogP contribution in [0.25, 0.3) is 6.08 Å². The zero-order valence-electron chi connectivity index (χ0n) is 16.1. The number of hydrogen-bond donors (Lipinski definition) is 0. The fourth-order valence-electron chi connectivity index (χ4n) is 2.94. The SMILES string of the molecule is COC(=O)C1CC(OS(C)(=O)=O)CN1C(=O)/C=C/c1ccc(OC)c(OC)c1. The molecule has 0 spiro atoms. The van der Waals surface area contributed by atoms with Gasteiger partial charge in [0, 0.05) is 19.0 Å². The van der Waals surface area contributed by atoms with E-state index < -0.39 is 34.1 Å². The van der Waals surface area contributed by atoms with E-state index in [0.717, 1.165) is 6.26 Å². The van der Waals surface area contributed by atoms with Crippen molar-refractivity contribution in [3.05, 3.63) is 29.8 Å². The van der Waals surface area contributed by atoms with E-state index in [1.807, 2.05) is 0 Å². The molecule has 0 bridgehead atoms. The Labute approximate surface area is 163 Å². The molecule has 1 aromatic carbocycles. The van der Waals surface area contributed by atoms with Gasteiger partial charge in [0.05, 0.1) is 33.7 Å². The molecule has 1 saturated heterocycles. The molecule has 154 valence electrons. The van der Waals surface area contributed by atoms with Crippen molar-refractivity contribution in [1.82, 2.24) is 4.90 Å². The first-order valence-electron chi connectivity index (χ1n) is 8.35. The fraction of sp³-hybridized carbons (Fsp3) is 0.444. The molecule has 28 heavy (non-hydrogen) atoms. The molecule has 10 heteroatoms. The number of nitrogens with zero attached hydrogens (tertiary/aromatic N) is 1. The second kappa shape index (κ2) is 9.07. The van der Waals surface area contributed by atoms with Gasteiger partial charge in [0.15, 0.2) is 11.5 Å². The monoisotopic (exact) mass is 413 g/mol. The van der Waals surface area contributed by atoms with E-state index in [9.17, 15) is 18.0 Å². The molecule has 0 aromatic heterocycles. The van der Waals surface area contributed by atoms with Crippen molar-refractivity contribution in [2.45, 2.75) is 18.6 Å². The van der Waals surface area contributed by atoms with Crippen molar-refractivity contribution >= 4 is 28.1 Å². The van der Waals surface area contributed by atoms with Crippen LogP contribution in [0.1, 0.15) is 12.0 Å². The maximum absolute atomic E-state index is 12.6. The van der Waals surface area contributed by atoms with Crippen LogP contribution in [0.3, 0.4) is 0 Å². The van der Waals surface area contributed by atoms with E-state index in [1.54, 1.807) is 24.3 Å². The third kappa shape index (κ3) is 5.46. The van der Waals surface area contributed by atoms with E-state index in [4.69, 9.17) is 18.4 Å². The topological polar surface area (TPSA) is 108 Å². The minimum Gasteiger partial charge on any atom is -0.493 e. The summed E-state index contributed by atoms with van der Waals surface area (Å²) in [5, 5.41) is 0. The lowest BCUT2D eigenvalue weighted by Gasteiger charge is -2.20. The van der Waals surface area contributed by atoms with Crippen LogP contribution in [-0.2, 0) is 28.6 Å². The molecule has 1 aromatic rings. The third-order valence-electron chi connectivity index (χ3n) is 4.16. The van der Waals surface area contributed by atoms with Gasteiger partial charge in [-0.25, -0.2) is 4.79 Å². The number of ether oxygens (including phenoxy) is 3. The van der Waals surface area contributed by atoms with Crippen LogP contribution in [-0.4, -0.2) is 71.5 Å². The normalized spacial score (nSPS) is 19.6. The highest BCUT2D eigenvalue weighted by atomic mass is 32.2. The molecule has 0 N–H and O–H groups in total. The van der Waals surface area contributed by atoms with Gasteiger partial charge in [-0.05, 0) is 23.8 Å². The van der Waals surface area contributed by atoms with Gasteiger partial charge in [-0.3, -0.25) is 8.98 Å². The Bertz CT molecular complexity index is 864. The van der Waals surface area contributed by atoms with Crippen LogP contribution in [0, 0.1) is 0 Å². The number of amides is 1. The molecule has 2 rings (SSSR count). The summed E-state index contributed by atoms with van der Waals surface area (Å²) >= 11 is 0. The van der Waals surface area contributed by atoms with Gasteiger partial charge in [-0.1, -0.05) is 6.07 Å². The zero-order valence-corrected chi connectivity index (χ0v) is 16.9. The second-order valence-corrected chi connectivity index (χ2v) is 7.74. The third-order valence-corrected chi connectivity index (χ3v) is 4.78. The van der Waals surface area contributed by atoms with Gasteiger partial charge in [-0.2, -0.15) is 8.42 Å². The number of likely N-dealkylation sites (tertiary alicyclic amines) is 1. The van der Waals surface area contributed by atoms with Crippen LogP contribution in [0.5, 0.6) is 11.5 Å². The van der Waals surface area contributed by atoms with Crippen molar-refractivity contribution in [3.63, 3.8) is 0 Å². The predicted octanol–water partition coefficient (Wildman–Crippen LogP) is 0.836. The quantitative estimate of drug-likeness (QED) is 0.368. The minimum absolute atomic E-state index is 0.0374. The van der Waals surface area contributed by atoms with Crippen LogP contribution >= 0.6 is 0 Å². The van der Waals surface area contributed by atoms with Gasteiger partial charge >= 0.3 is 5.97 Å². The predicted molar refractivity (Wildman–Crippen MR) is 100 cm³/mol. The molecule has 2 unspecified atom stereocenters. The Morgan fingerprint density at radius 1 is 1.14 bits per heavy atom.